The van der Waals surface area contributed by atoms with E-state index in [2.05, 4.69) is 0 Å². The van der Waals surface area contributed by atoms with Gasteiger partial charge >= 0.3 is 6.18 Å². The van der Waals surface area contributed by atoms with Gasteiger partial charge in [0.25, 0.3) is 0 Å². The number of nitrogens with zero attached hydrogens (tertiary/aromatic N) is 1. The molecule has 0 aliphatic heterocycles. The molecule has 0 heterocycles. The van der Waals surface area contributed by atoms with Gasteiger partial charge in [-0.15, -0.1) is 0 Å². The maximum Gasteiger partial charge on any atom is 0.406 e. The topological polar surface area (TPSA) is 20.3 Å². The summed E-state index contributed by atoms with van der Waals surface area (Å²) < 4.78 is 37.9. The lowest BCUT2D eigenvalue weighted by Gasteiger charge is -2.30. The van der Waals surface area contributed by atoms with E-state index < -0.39 is 24.0 Å². The molecule has 0 unspecified atom stereocenters. The Kier molecular flexibility index (Phi) is 5.68. The smallest absolute Gasteiger partial charge is 0.333 e. The number of rotatable bonds is 4. The van der Waals surface area contributed by atoms with E-state index in [0.717, 1.165) is 4.90 Å². The fraction of sp³-hybridized carbons (Fsp3) is 0.533. The van der Waals surface area contributed by atoms with Crippen molar-refractivity contribution in [3.63, 3.8) is 0 Å². The Balaban J connectivity index is 2.81. The predicted molar refractivity (Wildman–Crippen MR) is 77.2 cm³/mol. The number of halogens is 4. The van der Waals surface area contributed by atoms with E-state index in [4.69, 9.17) is 11.6 Å². The monoisotopic (exact) mass is 321 g/mol. The van der Waals surface area contributed by atoms with E-state index in [1.165, 1.54) is 0 Å². The fourth-order valence-corrected chi connectivity index (χ4v) is 2.04. The first-order chi connectivity index (χ1) is 9.46. The Hall–Kier alpha value is -1.23. The quantitative estimate of drug-likeness (QED) is 0.808. The first kappa shape index (κ1) is 17.8. The molecule has 2 nitrogen and oxygen atoms in total. The van der Waals surface area contributed by atoms with Gasteiger partial charge < -0.3 is 4.90 Å². The first-order valence-corrected chi connectivity index (χ1v) is 6.93. The zero-order valence-electron chi connectivity index (χ0n) is 12.3. The molecular weight excluding hydrogens is 303 g/mol. The second-order valence-corrected chi connectivity index (χ2v) is 6.67. The molecule has 1 amide bonds. The lowest BCUT2D eigenvalue weighted by molar-refractivity contribution is -0.163. The van der Waals surface area contributed by atoms with Crippen LogP contribution >= 0.6 is 11.6 Å². The summed E-state index contributed by atoms with van der Waals surface area (Å²) in [6.07, 6.45) is -4.47. The van der Waals surface area contributed by atoms with E-state index >= 15 is 0 Å². The molecule has 0 atom stereocenters. The van der Waals surface area contributed by atoms with Crippen LogP contribution in [-0.4, -0.2) is 30.1 Å². The van der Waals surface area contributed by atoms with Gasteiger partial charge in [-0.2, -0.15) is 13.2 Å². The standard InChI is InChI=1S/C15H19ClF3NO/c1-14(2,3)9-20(10-15(17,18)19)13(21)8-11-4-6-12(16)7-5-11/h4-7H,8-10H2,1-3H3. The van der Waals surface area contributed by atoms with Crippen molar-refractivity contribution < 1.29 is 18.0 Å². The van der Waals surface area contributed by atoms with E-state index in [1.54, 1.807) is 45.0 Å². The summed E-state index contributed by atoms with van der Waals surface area (Å²) in [6.45, 7) is 4.22. The van der Waals surface area contributed by atoms with Crippen LogP contribution in [0.1, 0.15) is 26.3 Å². The highest BCUT2D eigenvalue weighted by Crippen LogP contribution is 2.22. The number of hydrogen-bond acceptors (Lipinski definition) is 1. The van der Waals surface area contributed by atoms with Gasteiger partial charge in [-0.25, -0.2) is 0 Å². The second-order valence-electron chi connectivity index (χ2n) is 6.23. The molecule has 0 fully saturated rings. The number of carbonyl (C=O) groups is 1. The molecule has 0 aliphatic carbocycles. The van der Waals surface area contributed by atoms with Crippen molar-refractivity contribution in [2.45, 2.75) is 33.4 Å². The largest absolute Gasteiger partial charge is 0.406 e. The van der Waals surface area contributed by atoms with E-state index in [0.29, 0.717) is 10.6 Å². The van der Waals surface area contributed by atoms with Crippen LogP contribution in [0.5, 0.6) is 0 Å². The highest BCUT2D eigenvalue weighted by atomic mass is 35.5. The summed E-state index contributed by atoms with van der Waals surface area (Å²) in [7, 11) is 0. The van der Waals surface area contributed by atoms with Gasteiger partial charge in [-0.1, -0.05) is 44.5 Å². The third-order valence-electron chi connectivity index (χ3n) is 2.66. The Morgan fingerprint density at radius 1 is 1.10 bits per heavy atom. The molecule has 21 heavy (non-hydrogen) atoms. The fourth-order valence-electron chi connectivity index (χ4n) is 1.91. The van der Waals surface area contributed by atoms with E-state index in [9.17, 15) is 18.0 Å². The second kappa shape index (κ2) is 6.69. The van der Waals surface area contributed by atoms with Crippen molar-refractivity contribution in [1.82, 2.24) is 4.90 Å². The Morgan fingerprint density at radius 3 is 2.05 bits per heavy atom. The van der Waals surface area contributed by atoms with Gasteiger partial charge in [-0.05, 0) is 23.1 Å². The number of hydrogen-bond donors (Lipinski definition) is 0. The number of carbonyl (C=O) groups excluding carboxylic acids is 1. The molecule has 1 aromatic rings. The van der Waals surface area contributed by atoms with Crippen molar-refractivity contribution in [3.05, 3.63) is 34.9 Å². The average Bonchev–Trinajstić information content (AvgIpc) is 2.27. The van der Waals surface area contributed by atoms with Gasteiger partial charge in [0.2, 0.25) is 5.91 Å². The normalized spacial score (nSPS) is 12.3. The third-order valence-corrected chi connectivity index (χ3v) is 2.91. The Morgan fingerprint density at radius 2 is 1.62 bits per heavy atom. The SMILES string of the molecule is CC(C)(C)CN(CC(F)(F)F)C(=O)Cc1ccc(Cl)cc1. The summed E-state index contributed by atoms with van der Waals surface area (Å²) in [4.78, 5) is 13.0. The average molecular weight is 322 g/mol. The van der Waals surface area contributed by atoms with Crippen molar-refractivity contribution in [3.8, 4) is 0 Å². The summed E-state index contributed by atoms with van der Waals surface area (Å²) >= 11 is 5.74. The molecule has 0 N–H and O–H groups in total. The molecule has 6 heteroatoms. The lowest BCUT2D eigenvalue weighted by atomic mass is 9.95. The van der Waals surface area contributed by atoms with Crippen molar-refractivity contribution >= 4 is 17.5 Å². The van der Waals surface area contributed by atoms with Crippen molar-refractivity contribution in [1.29, 1.82) is 0 Å². The zero-order valence-corrected chi connectivity index (χ0v) is 13.1. The van der Waals surface area contributed by atoms with Gasteiger partial charge in [0.1, 0.15) is 6.54 Å². The van der Waals surface area contributed by atoms with Gasteiger partial charge in [-0.3, -0.25) is 4.79 Å². The van der Waals surface area contributed by atoms with E-state index in [-0.39, 0.29) is 13.0 Å². The summed E-state index contributed by atoms with van der Waals surface area (Å²) in [6, 6.07) is 6.51. The minimum absolute atomic E-state index is 0.0545. The van der Waals surface area contributed by atoms with Crippen LogP contribution in [-0.2, 0) is 11.2 Å². The first-order valence-electron chi connectivity index (χ1n) is 6.55. The van der Waals surface area contributed by atoms with Crippen molar-refractivity contribution in [2.75, 3.05) is 13.1 Å². The molecule has 0 radical (unpaired) electrons. The van der Waals surface area contributed by atoms with Crippen LogP contribution in [0.15, 0.2) is 24.3 Å². The van der Waals surface area contributed by atoms with Crippen LogP contribution in [0.4, 0.5) is 13.2 Å². The van der Waals surface area contributed by atoms with Gasteiger partial charge in [0.05, 0.1) is 6.42 Å². The van der Waals surface area contributed by atoms with Gasteiger partial charge in [0, 0.05) is 11.6 Å². The number of alkyl halides is 3. The maximum absolute atomic E-state index is 12.6. The minimum Gasteiger partial charge on any atom is -0.333 e. The third kappa shape index (κ3) is 7.37. The summed E-state index contributed by atoms with van der Waals surface area (Å²) in [5.74, 6) is -0.537. The van der Waals surface area contributed by atoms with Gasteiger partial charge in [0.15, 0.2) is 0 Å². The van der Waals surface area contributed by atoms with E-state index in [1.807, 2.05) is 0 Å². The molecule has 1 rings (SSSR count). The molecule has 0 aliphatic rings. The number of amides is 1. The summed E-state index contributed by atoms with van der Waals surface area (Å²) in [5.41, 5.74) is 0.242. The lowest BCUT2D eigenvalue weighted by Crippen LogP contribution is -2.44. The highest BCUT2D eigenvalue weighted by molar-refractivity contribution is 6.30. The van der Waals surface area contributed by atoms with Crippen LogP contribution in [0, 0.1) is 5.41 Å². The number of benzene rings is 1. The van der Waals surface area contributed by atoms with Crippen LogP contribution < -0.4 is 0 Å². The highest BCUT2D eigenvalue weighted by Gasteiger charge is 2.34. The zero-order chi connectivity index (χ0) is 16.3. The molecule has 0 aromatic heterocycles. The molecule has 0 saturated carbocycles. The van der Waals surface area contributed by atoms with Crippen LogP contribution in [0.3, 0.4) is 0 Å². The molecule has 0 spiro atoms. The Bertz CT molecular complexity index is 461. The Labute approximate surface area is 127 Å². The molecular formula is C15H19ClF3NO. The summed E-state index contributed by atoms with van der Waals surface area (Å²) in [5, 5.41) is 0.521. The predicted octanol–water partition coefficient (Wildman–Crippen LogP) is 4.32. The molecule has 0 bridgehead atoms. The molecule has 1 aromatic carbocycles. The van der Waals surface area contributed by atoms with Crippen molar-refractivity contribution in [2.24, 2.45) is 5.41 Å². The minimum atomic E-state index is -4.40. The maximum atomic E-state index is 12.6. The van der Waals surface area contributed by atoms with Crippen LogP contribution in [0.25, 0.3) is 0 Å². The van der Waals surface area contributed by atoms with Crippen LogP contribution in [0.2, 0.25) is 5.02 Å². The molecule has 0 saturated heterocycles. The molecule has 118 valence electrons.